The zero-order valence-corrected chi connectivity index (χ0v) is 18.7. The molecule has 0 radical (unpaired) electrons. The van der Waals surface area contributed by atoms with Gasteiger partial charge in [0.2, 0.25) is 11.8 Å². The number of carbonyl (C=O) groups is 1. The molecule has 0 saturated carbocycles. The lowest BCUT2D eigenvalue weighted by Gasteiger charge is -2.08. The summed E-state index contributed by atoms with van der Waals surface area (Å²) in [4.78, 5) is 14.8. The van der Waals surface area contributed by atoms with Crippen LogP contribution in [0.1, 0.15) is 30.4 Å². The average Bonchev–Trinajstić information content (AvgIpc) is 3.06. The van der Waals surface area contributed by atoms with Crippen LogP contribution in [-0.2, 0) is 22.0 Å². The second-order valence-electron chi connectivity index (χ2n) is 6.58. The third-order valence-corrected chi connectivity index (χ3v) is 4.51. The van der Waals surface area contributed by atoms with Crippen molar-refractivity contribution in [3.63, 3.8) is 0 Å². The van der Waals surface area contributed by atoms with Crippen molar-refractivity contribution < 1.29 is 30.6 Å². The highest BCUT2D eigenvalue weighted by Crippen LogP contribution is 2.26. The second-order valence-corrected chi connectivity index (χ2v) is 8.12. The van der Waals surface area contributed by atoms with Crippen molar-refractivity contribution in [1.29, 1.82) is 0 Å². The molecule has 9 nitrogen and oxygen atoms in total. The summed E-state index contributed by atoms with van der Waals surface area (Å²) in [5.74, 6) is -0.396. The smallest absolute Gasteiger partial charge is 0.356 e. The first-order valence-corrected chi connectivity index (χ1v) is 10.3. The fourth-order valence-corrected chi connectivity index (χ4v) is 2.66. The zero-order chi connectivity index (χ0) is 24.0. The van der Waals surface area contributed by atoms with Gasteiger partial charge in [-0.2, -0.15) is 31.8 Å². The maximum Gasteiger partial charge on any atom is 0.534 e. The van der Waals surface area contributed by atoms with Crippen LogP contribution in [0.3, 0.4) is 0 Å². The van der Waals surface area contributed by atoms with Crippen molar-refractivity contribution >= 4 is 21.7 Å². The van der Waals surface area contributed by atoms with Crippen LogP contribution in [0.25, 0.3) is 0 Å². The molecular weight excluding hydrogens is 439 g/mol. The Labute approximate surface area is 178 Å². The molecule has 1 aliphatic rings. The van der Waals surface area contributed by atoms with Gasteiger partial charge in [-0.3, -0.25) is 9.78 Å². The first kappa shape index (κ1) is 26.1. The second kappa shape index (κ2) is 10.4. The summed E-state index contributed by atoms with van der Waals surface area (Å²) in [5, 5.41) is 8.88. The highest BCUT2D eigenvalue weighted by atomic mass is 32.2. The third-order valence-electron chi connectivity index (χ3n) is 3.55. The van der Waals surface area contributed by atoms with Crippen molar-refractivity contribution in [2.24, 2.45) is 12.1 Å². The summed E-state index contributed by atoms with van der Waals surface area (Å²) >= 11 is 0. The molecule has 0 spiro atoms. The molecule has 0 unspecified atom stereocenters. The molecule has 31 heavy (non-hydrogen) atoms. The number of hydrazone groups is 1. The summed E-state index contributed by atoms with van der Waals surface area (Å²) < 4.78 is 61.7. The van der Waals surface area contributed by atoms with Crippen molar-refractivity contribution in [3.05, 3.63) is 41.3 Å². The molecule has 0 fully saturated rings. The lowest BCUT2D eigenvalue weighted by Crippen LogP contribution is -2.28. The summed E-state index contributed by atoms with van der Waals surface area (Å²) in [6, 6.07) is 7.08. The van der Waals surface area contributed by atoms with Gasteiger partial charge in [-0.05, 0) is 39.8 Å². The molecular formula is C18H24F3N5O4S. The van der Waals surface area contributed by atoms with Gasteiger partial charge in [0.25, 0.3) is 0 Å². The molecule has 1 amide bonds. The van der Waals surface area contributed by atoms with Crippen LogP contribution in [0.15, 0.2) is 29.4 Å². The van der Waals surface area contributed by atoms with Crippen LogP contribution >= 0.6 is 0 Å². The number of hydrogen-bond acceptors (Lipinski definition) is 7. The first-order valence-electron chi connectivity index (χ1n) is 8.84. The highest BCUT2D eigenvalue weighted by Gasteiger charge is 2.49. The Morgan fingerprint density at radius 3 is 1.84 bits per heavy atom. The van der Waals surface area contributed by atoms with Crippen molar-refractivity contribution in [3.8, 4) is 5.88 Å². The molecule has 0 aliphatic carbocycles. The van der Waals surface area contributed by atoms with Gasteiger partial charge < -0.3 is 4.18 Å². The standard InChI is InChI=1S/C7H9N.C6H7F3N2O3S.C5H8N2O/c1-6-4-3-5-7(2)8-6;1-4-3-5(11(2)10-4)14-15(12,13)6(7,8)9;1-4-3-5(8)7(2)6-4/h3-5H,1-2H3;3H,1-2H3;3H2,1-2H3. The average molecular weight is 463 g/mol. The SMILES string of the molecule is CC1=NN(C)C(=O)C1.Cc1cc(OS(=O)(=O)C(F)(F)F)n(C)n1.Cc1cccc(C)n1. The summed E-state index contributed by atoms with van der Waals surface area (Å²) in [6.45, 7) is 7.33. The van der Waals surface area contributed by atoms with E-state index in [2.05, 4.69) is 19.4 Å². The van der Waals surface area contributed by atoms with Crippen molar-refractivity contribution in [1.82, 2.24) is 19.8 Å². The van der Waals surface area contributed by atoms with Crippen molar-refractivity contribution in [2.45, 2.75) is 39.6 Å². The van der Waals surface area contributed by atoms with Crippen molar-refractivity contribution in [2.75, 3.05) is 7.05 Å². The predicted octanol–water partition coefficient (Wildman–Crippen LogP) is 2.88. The zero-order valence-electron chi connectivity index (χ0n) is 17.9. The lowest BCUT2D eigenvalue weighted by molar-refractivity contribution is -0.127. The number of aromatic nitrogens is 3. The van der Waals surface area contributed by atoms with E-state index in [1.807, 2.05) is 39.0 Å². The summed E-state index contributed by atoms with van der Waals surface area (Å²) in [5.41, 5.74) is -2.01. The minimum absolute atomic E-state index is 0.0856. The normalized spacial score (nSPS) is 13.6. The minimum Gasteiger partial charge on any atom is -0.356 e. The number of aryl methyl sites for hydroxylation is 4. The monoisotopic (exact) mass is 463 g/mol. The molecule has 2 aromatic heterocycles. The maximum atomic E-state index is 11.9. The van der Waals surface area contributed by atoms with E-state index in [1.54, 1.807) is 7.05 Å². The Kier molecular flexibility index (Phi) is 8.73. The van der Waals surface area contributed by atoms with Crippen LogP contribution in [-0.4, -0.2) is 52.4 Å². The van der Waals surface area contributed by atoms with E-state index in [9.17, 15) is 26.4 Å². The predicted molar refractivity (Wildman–Crippen MR) is 108 cm³/mol. The number of halogens is 3. The number of hydrogen-bond donors (Lipinski definition) is 0. The van der Waals surface area contributed by atoms with Gasteiger partial charge in [-0.25, -0.2) is 9.69 Å². The molecule has 0 saturated heterocycles. The van der Waals surface area contributed by atoms with Crippen LogP contribution in [0.4, 0.5) is 13.2 Å². The van der Waals surface area contributed by atoms with Crippen LogP contribution in [0.2, 0.25) is 0 Å². The van der Waals surface area contributed by atoms with Gasteiger partial charge in [0.1, 0.15) is 0 Å². The summed E-state index contributed by atoms with van der Waals surface area (Å²) in [7, 11) is -2.68. The van der Waals surface area contributed by atoms with E-state index in [-0.39, 0.29) is 5.91 Å². The van der Waals surface area contributed by atoms with E-state index < -0.39 is 21.5 Å². The highest BCUT2D eigenvalue weighted by molar-refractivity contribution is 7.87. The molecule has 3 rings (SSSR count). The van der Waals surface area contributed by atoms with E-state index >= 15 is 0 Å². The third kappa shape index (κ3) is 8.36. The van der Waals surface area contributed by atoms with Gasteiger partial charge in [0.15, 0.2) is 0 Å². The van der Waals surface area contributed by atoms with E-state index in [0.29, 0.717) is 12.1 Å². The number of pyridine rings is 1. The topological polar surface area (TPSA) is 107 Å². The Morgan fingerprint density at radius 2 is 1.58 bits per heavy atom. The number of carbonyl (C=O) groups excluding carboxylic acids is 1. The molecule has 0 aromatic carbocycles. The fraction of sp³-hybridized carbons (Fsp3) is 0.444. The molecule has 0 N–H and O–H groups in total. The van der Waals surface area contributed by atoms with Gasteiger partial charge in [0.05, 0.1) is 12.1 Å². The fourth-order valence-electron chi connectivity index (χ4n) is 2.18. The van der Waals surface area contributed by atoms with Gasteiger partial charge in [0, 0.05) is 37.3 Å². The Balaban J connectivity index is 0.000000253. The Hall–Kier alpha value is -2.96. The number of amides is 1. The molecule has 0 atom stereocenters. The van der Waals surface area contributed by atoms with E-state index in [0.717, 1.165) is 27.8 Å². The Morgan fingerprint density at radius 1 is 1.03 bits per heavy atom. The molecule has 13 heteroatoms. The largest absolute Gasteiger partial charge is 0.534 e. The minimum atomic E-state index is -5.62. The number of nitrogens with zero attached hydrogens (tertiary/aromatic N) is 5. The molecule has 1 aliphatic heterocycles. The molecule has 2 aromatic rings. The molecule has 0 bridgehead atoms. The Bertz CT molecular complexity index is 1030. The molecule has 172 valence electrons. The van der Waals surface area contributed by atoms with Crippen LogP contribution in [0, 0.1) is 20.8 Å². The van der Waals surface area contributed by atoms with Crippen LogP contribution < -0.4 is 4.18 Å². The molecule has 3 heterocycles. The lowest BCUT2D eigenvalue weighted by atomic mass is 10.3. The quantitative estimate of drug-likeness (QED) is 0.501. The van der Waals surface area contributed by atoms with E-state index in [4.69, 9.17) is 0 Å². The number of alkyl halides is 3. The van der Waals surface area contributed by atoms with Gasteiger partial charge in [-0.15, -0.1) is 0 Å². The van der Waals surface area contributed by atoms with Crippen LogP contribution in [0.5, 0.6) is 5.88 Å². The van der Waals surface area contributed by atoms with E-state index in [1.165, 1.54) is 19.0 Å². The van der Waals surface area contributed by atoms with Gasteiger partial charge in [-0.1, -0.05) is 6.07 Å². The summed E-state index contributed by atoms with van der Waals surface area (Å²) in [6.07, 6.45) is 0.497. The number of rotatable bonds is 2. The first-order chi connectivity index (χ1) is 14.1. The maximum absolute atomic E-state index is 11.9. The van der Waals surface area contributed by atoms with Gasteiger partial charge >= 0.3 is 15.6 Å².